The van der Waals surface area contributed by atoms with Gasteiger partial charge >= 0.3 is 0 Å². The van der Waals surface area contributed by atoms with Crippen molar-refractivity contribution in [2.24, 2.45) is 0 Å². The molecule has 2 aromatic rings. The van der Waals surface area contributed by atoms with Crippen LogP contribution in [0.4, 0.5) is 5.82 Å². The van der Waals surface area contributed by atoms with Crippen LogP contribution in [-0.4, -0.2) is 9.78 Å². The Hall–Kier alpha value is -1.77. The molecule has 0 radical (unpaired) electrons. The van der Waals surface area contributed by atoms with E-state index in [1.807, 2.05) is 6.20 Å². The van der Waals surface area contributed by atoms with Crippen molar-refractivity contribution in [3.63, 3.8) is 0 Å². The van der Waals surface area contributed by atoms with Gasteiger partial charge in [-0.3, -0.25) is 0 Å². The van der Waals surface area contributed by atoms with Crippen molar-refractivity contribution in [1.82, 2.24) is 9.78 Å². The normalized spacial score (nSPS) is 10.4. The third-order valence-electron chi connectivity index (χ3n) is 2.08. The summed E-state index contributed by atoms with van der Waals surface area (Å²) in [6.45, 7) is 4.15. The van der Waals surface area contributed by atoms with Crippen molar-refractivity contribution in [1.29, 1.82) is 0 Å². The number of nitrogens with two attached hydrogens (primary N) is 1. The number of hydrogen-bond donors (Lipinski definition) is 1. The van der Waals surface area contributed by atoms with Crippen LogP contribution in [0.3, 0.4) is 0 Å². The van der Waals surface area contributed by atoms with Gasteiger partial charge in [0, 0.05) is 12.3 Å². The molecule has 72 valence electrons. The Morgan fingerprint density at radius 2 is 1.79 bits per heavy atom. The third kappa shape index (κ3) is 1.62. The summed E-state index contributed by atoms with van der Waals surface area (Å²) < 4.78 is 1.79. The molecular weight excluding hydrogens is 174 g/mol. The van der Waals surface area contributed by atoms with Gasteiger partial charge in [-0.05, 0) is 37.1 Å². The fourth-order valence-corrected chi connectivity index (χ4v) is 1.56. The molecule has 0 aliphatic carbocycles. The van der Waals surface area contributed by atoms with Gasteiger partial charge in [0.2, 0.25) is 0 Å². The van der Waals surface area contributed by atoms with E-state index in [1.165, 1.54) is 11.1 Å². The highest BCUT2D eigenvalue weighted by atomic mass is 15.3. The average molecular weight is 187 g/mol. The first-order valence-electron chi connectivity index (χ1n) is 4.55. The van der Waals surface area contributed by atoms with Crippen LogP contribution in [-0.2, 0) is 0 Å². The van der Waals surface area contributed by atoms with Crippen LogP contribution in [0.5, 0.6) is 0 Å². The summed E-state index contributed by atoms with van der Waals surface area (Å²) in [5, 5.41) is 4.16. The zero-order chi connectivity index (χ0) is 10.1. The Bertz CT molecular complexity index is 437. The summed E-state index contributed by atoms with van der Waals surface area (Å²) in [5.74, 6) is 0.546. The standard InChI is InChI=1S/C11H13N3/c1-8-5-9(2)7-10(6-8)14-4-3-11(12)13-14/h3-7H,1-2H3,(H2,12,13). The topological polar surface area (TPSA) is 43.8 Å². The van der Waals surface area contributed by atoms with Crippen LogP contribution in [0.15, 0.2) is 30.5 Å². The molecule has 0 saturated carbocycles. The first kappa shape index (κ1) is 8.81. The van der Waals surface area contributed by atoms with Crippen molar-refractivity contribution in [3.8, 4) is 5.69 Å². The number of aromatic nitrogens is 2. The van der Waals surface area contributed by atoms with Crippen LogP contribution >= 0.6 is 0 Å². The monoisotopic (exact) mass is 187 g/mol. The summed E-state index contributed by atoms with van der Waals surface area (Å²) in [7, 11) is 0. The molecule has 0 saturated heterocycles. The Balaban J connectivity index is 2.51. The molecule has 14 heavy (non-hydrogen) atoms. The fraction of sp³-hybridized carbons (Fsp3) is 0.182. The predicted molar refractivity (Wildman–Crippen MR) is 57.5 cm³/mol. The van der Waals surface area contributed by atoms with Crippen LogP contribution in [0, 0.1) is 13.8 Å². The van der Waals surface area contributed by atoms with Crippen LogP contribution in [0.1, 0.15) is 11.1 Å². The van der Waals surface area contributed by atoms with E-state index in [-0.39, 0.29) is 0 Å². The van der Waals surface area contributed by atoms with E-state index < -0.39 is 0 Å². The summed E-state index contributed by atoms with van der Waals surface area (Å²) in [6, 6.07) is 8.09. The van der Waals surface area contributed by atoms with Crippen LogP contribution in [0.2, 0.25) is 0 Å². The number of rotatable bonds is 1. The predicted octanol–water partition coefficient (Wildman–Crippen LogP) is 2.07. The second kappa shape index (κ2) is 3.18. The van der Waals surface area contributed by atoms with Crippen molar-refractivity contribution < 1.29 is 0 Å². The molecular formula is C11H13N3. The summed E-state index contributed by atoms with van der Waals surface area (Å²) in [4.78, 5) is 0. The second-order valence-corrected chi connectivity index (χ2v) is 3.53. The SMILES string of the molecule is Cc1cc(C)cc(-n2ccc(N)n2)c1. The molecule has 0 bridgehead atoms. The maximum absolute atomic E-state index is 5.56. The Labute approximate surface area is 83.2 Å². The number of nitrogen functional groups attached to an aromatic ring is 1. The van der Waals surface area contributed by atoms with Gasteiger partial charge in [-0.1, -0.05) is 6.07 Å². The van der Waals surface area contributed by atoms with Gasteiger partial charge in [-0.2, -0.15) is 5.10 Å². The van der Waals surface area contributed by atoms with E-state index >= 15 is 0 Å². The molecule has 1 heterocycles. The van der Waals surface area contributed by atoms with E-state index in [2.05, 4.69) is 37.1 Å². The molecule has 1 aromatic carbocycles. The van der Waals surface area contributed by atoms with E-state index in [1.54, 1.807) is 10.7 Å². The lowest BCUT2D eigenvalue weighted by Gasteiger charge is -2.04. The van der Waals surface area contributed by atoms with Crippen molar-refractivity contribution in [2.75, 3.05) is 5.73 Å². The fourth-order valence-electron chi connectivity index (χ4n) is 1.56. The Morgan fingerprint density at radius 3 is 2.29 bits per heavy atom. The smallest absolute Gasteiger partial charge is 0.145 e. The Morgan fingerprint density at radius 1 is 1.14 bits per heavy atom. The number of benzene rings is 1. The van der Waals surface area contributed by atoms with Gasteiger partial charge in [0.15, 0.2) is 0 Å². The van der Waals surface area contributed by atoms with Gasteiger partial charge in [-0.15, -0.1) is 0 Å². The van der Waals surface area contributed by atoms with Crippen LogP contribution < -0.4 is 5.73 Å². The molecule has 3 heteroatoms. The van der Waals surface area contributed by atoms with E-state index in [4.69, 9.17) is 5.73 Å². The van der Waals surface area contributed by atoms with E-state index in [0.29, 0.717) is 5.82 Å². The molecule has 3 nitrogen and oxygen atoms in total. The zero-order valence-corrected chi connectivity index (χ0v) is 8.36. The minimum Gasteiger partial charge on any atom is -0.382 e. The Kier molecular flexibility index (Phi) is 2.00. The quantitative estimate of drug-likeness (QED) is 0.742. The highest BCUT2D eigenvalue weighted by Crippen LogP contribution is 2.13. The molecule has 0 atom stereocenters. The van der Waals surface area contributed by atoms with Gasteiger partial charge in [0.1, 0.15) is 5.82 Å². The molecule has 2 N–H and O–H groups in total. The minimum absolute atomic E-state index is 0.546. The average Bonchev–Trinajstić information content (AvgIpc) is 2.50. The first-order chi connectivity index (χ1) is 6.65. The lowest BCUT2D eigenvalue weighted by Crippen LogP contribution is -1.97. The van der Waals surface area contributed by atoms with Crippen molar-refractivity contribution >= 4 is 5.82 Å². The van der Waals surface area contributed by atoms with Gasteiger partial charge in [-0.25, -0.2) is 4.68 Å². The molecule has 0 unspecified atom stereocenters. The minimum atomic E-state index is 0.546. The van der Waals surface area contributed by atoms with E-state index in [9.17, 15) is 0 Å². The maximum Gasteiger partial charge on any atom is 0.145 e. The number of aryl methyl sites for hydroxylation is 2. The highest BCUT2D eigenvalue weighted by Gasteiger charge is 1.99. The van der Waals surface area contributed by atoms with E-state index in [0.717, 1.165) is 5.69 Å². The molecule has 2 rings (SSSR count). The first-order valence-corrected chi connectivity index (χ1v) is 4.55. The molecule has 0 aliphatic heterocycles. The van der Waals surface area contributed by atoms with Crippen molar-refractivity contribution in [3.05, 3.63) is 41.6 Å². The van der Waals surface area contributed by atoms with Gasteiger partial charge < -0.3 is 5.73 Å². The molecule has 0 fully saturated rings. The largest absolute Gasteiger partial charge is 0.382 e. The van der Waals surface area contributed by atoms with Gasteiger partial charge in [0.05, 0.1) is 5.69 Å². The number of nitrogens with zero attached hydrogens (tertiary/aromatic N) is 2. The lowest BCUT2D eigenvalue weighted by atomic mass is 10.1. The molecule has 0 spiro atoms. The summed E-state index contributed by atoms with van der Waals surface area (Å²) in [5.41, 5.74) is 9.08. The number of anilines is 1. The zero-order valence-electron chi connectivity index (χ0n) is 8.36. The highest BCUT2D eigenvalue weighted by molar-refractivity contribution is 5.40. The molecule has 0 aliphatic rings. The second-order valence-electron chi connectivity index (χ2n) is 3.53. The maximum atomic E-state index is 5.56. The summed E-state index contributed by atoms with van der Waals surface area (Å²) >= 11 is 0. The third-order valence-corrected chi connectivity index (χ3v) is 2.08. The number of hydrogen-bond acceptors (Lipinski definition) is 2. The van der Waals surface area contributed by atoms with Crippen LogP contribution in [0.25, 0.3) is 5.69 Å². The molecule has 0 amide bonds. The van der Waals surface area contributed by atoms with Gasteiger partial charge in [0.25, 0.3) is 0 Å². The summed E-state index contributed by atoms with van der Waals surface area (Å²) in [6.07, 6.45) is 1.86. The lowest BCUT2D eigenvalue weighted by molar-refractivity contribution is 0.883. The molecule has 1 aromatic heterocycles. The van der Waals surface area contributed by atoms with Crippen molar-refractivity contribution in [2.45, 2.75) is 13.8 Å².